The smallest absolute Gasteiger partial charge is 0.232 e. The first-order chi connectivity index (χ1) is 8.45. The zero-order valence-corrected chi connectivity index (χ0v) is 12.2. The van der Waals surface area contributed by atoms with Gasteiger partial charge in [-0.25, -0.2) is 4.39 Å². The van der Waals surface area contributed by atoms with E-state index < -0.39 is 5.82 Å². The first-order valence-electron chi connectivity index (χ1n) is 4.44. The number of hydrogen-bond acceptors (Lipinski definition) is 4. The van der Waals surface area contributed by atoms with Crippen LogP contribution in [0.15, 0.2) is 16.6 Å². The minimum Gasteiger partial charge on any atom is -0.322 e. The van der Waals surface area contributed by atoms with Crippen molar-refractivity contribution >= 4 is 62.4 Å². The van der Waals surface area contributed by atoms with Gasteiger partial charge in [-0.05, 0) is 51.3 Å². The van der Waals surface area contributed by atoms with E-state index in [-0.39, 0.29) is 21.5 Å². The number of anilines is 2. The second-order valence-corrected chi connectivity index (χ2v) is 5.00. The molecule has 0 aliphatic carbocycles. The number of nitrogens with zero attached hydrogens (tertiary/aromatic N) is 3. The Balaban J connectivity index is 2.40. The summed E-state index contributed by atoms with van der Waals surface area (Å²) >= 11 is 20.3. The second kappa shape index (κ2) is 5.52. The van der Waals surface area contributed by atoms with Crippen molar-refractivity contribution in [3.8, 4) is 0 Å². The molecule has 1 aromatic heterocycles. The summed E-state index contributed by atoms with van der Waals surface area (Å²) in [4.78, 5) is 11.2. The lowest BCUT2D eigenvalue weighted by Gasteiger charge is -2.09. The Bertz CT molecular complexity index is 567. The molecule has 1 heterocycles. The van der Waals surface area contributed by atoms with Crippen LogP contribution >= 0.6 is 50.7 Å². The van der Waals surface area contributed by atoms with Crippen LogP contribution in [0.5, 0.6) is 0 Å². The largest absolute Gasteiger partial charge is 0.322 e. The number of nitrogens with one attached hydrogen (secondary N) is 1. The van der Waals surface area contributed by atoms with E-state index in [1.807, 2.05) is 0 Å². The molecule has 0 radical (unpaired) electrons. The molecule has 0 bridgehead atoms. The fourth-order valence-corrected chi connectivity index (χ4v) is 2.42. The van der Waals surface area contributed by atoms with Crippen molar-refractivity contribution in [2.24, 2.45) is 0 Å². The van der Waals surface area contributed by atoms with E-state index in [9.17, 15) is 4.39 Å². The van der Waals surface area contributed by atoms with Crippen molar-refractivity contribution in [3.63, 3.8) is 0 Å². The molecule has 0 fully saturated rings. The molecule has 18 heavy (non-hydrogen) atoms. The summed E-state index contributed by atoms with van der Waals surface area (Å²) in [5.41, 5.74) is 0.399. The average molecular weight is 372 g/mol. The highest BCUT2D eigenvalue weighted by Gasteiger charge is 2.11. The third-order valence-corrected chi connectivity index (χ3v) is 3.09. The maximum absolute atomic E-state index is 13.0. The molecule has 2 rings (SSSR count). The average Bonchev–Trinajstić information content (AvgIpc) is 2.22. The topological polar surface area (TPSA) is 50.7 Å². The number of benzene rings is 1. The van der Waals surface area contributed by atoms with Crippen LogP contribution in [0.4, 0.5) is 16.0 Å². The third kappa shape index (κ3) is 3.20. The van der Waals surface area contributed by atoms with Crippen molar-refractivity contribution in [2.45, 2.75) is 0 Å². The lowest BCUT2D eigenvalue weighted by molar-refractivity contribution is 0.627. The standard InChI is InChI=1S/C9H3BrCl3FN4/c10-4-1-3(14)2-5(11)6(4)15-9-17-7(12)16-8(13)18-9/h1-2H,(H,15,16,17,18). The molecule has 1 N–H and O–H groups in total. The molecule has 0 unspecified atom stereocenters. The molecule has 9 heteroatoms. The second-order valence-electron chi connectivity index (χ2n) is 3.07. The Morgan fingerprint density at radius 1 is 1.06 bits per heavy atom. The van der Waals surface area contributed by atoms with Crippen molar-refractivity contribution in [1.82, 2.24) is 15.0 Å². The Kier molecular flexibility index (Phi) is 4.21. The van der Waals surface area contributed by atoms with Gasteiger partial charge in [0, 0.05) is 4.47 Å². The van der Waals surface area contributed by atoms with E-state index >= 15 is 0 Å². The van der Waals surface area contributed by atoms with Gasteiger partial charge in [0.05, 0.1) is 10.7 Å². The zero-order chi connectivity index (χ0) is 13.3. The van der Waals surface area contributed by atoms with E-state index in [1.54, 1.807) is 0 Å². The molecule has 0 saturated carbocycles. The molecule has 0 spiro atoms. The van der Waals surface area contributed by atoms with Gasteiger partial charge in [-0.3, -0.25) is 0 Å². The lowest BCUT2D eigenvalue weighted by Crippen LogP contribution is -2.01. The first-order valence-corrected chi connectivity index (χ1v) is 6.37. The molecule has 0 saturated heterocycles. The molecule has 0 atom stereocenters. The Morgan fingerprint density at radius 2 is 1.67 bits per heavy atom. The van der Waals surface area contributed by atoms with Crippen LogP contribution in [-0.4, -0.2) is 15.0 Å². The molecular formula is C9H3BrCl3FN4. The molecule has 0 amide bonds. The number of halogens is 5. The molecule has 1 aromatic carbocycles. The van der Waals surface area contributed by atoms with Gasteiger partial charge in [-0.2, -0.15) is 15.0 Å². The van der Waals surface area contributed by atoms with Gasteiger partial charge in [0.15, 0.2) is 0 Å². The van der Waals surface area contributed by atoms with Crippen LogP contribution in [0.1, 0.15) is 0 Å². The fourth-order valence-electron chi connectivity index (χ4n) is 1.16. The van der Waals surface area contributed by atoms with Crippen molar-refractivity contribution in [3.05, 3.63) is 38.0 Å². The highest BCUT2D eigenvalue weighted by molar-refractivity contribution is 9.10. The molecule has 94 valence electrons. The van der Waals surface area contributed by atoms with Crippen LogP contribution in [0.25, 0.3) is 0 Å². The van der Waals surface area contributed by atoms with E-state index in [2.05, 4.69) is 36.2 Å². The highest BCUT2D eigenvalue weighted by atomic mass is 79.9. The summed E-state index contributed by atoms with van der Waals surface area (Å²) in [6.07, 6.45) is 0. The lowest BCUT2D eigenvalue weighted by atomic mass is 10.3. The van der Waals surface area contributed by atoms with E-state index in [4.69, 9.17) is 34.8 Å². The summed E-state index contributed by atoms with van der Waals surface area (Å²) in [5, 5.41) is 2.81. The van der Waals surface area contributed by atoms with Gasteiger partial charge < -0.3 is 5.32 Å². The monoisotopic (exact) mass is 370 g/mol. The first kappa shape index (κ1) is 13.7. The summed E-state index contributed by atoms with van der Waals surface area (Å²) in [7, 11) is 0. The van der Waals surface area contributed by atoms with E-state index in [0.717, 1.165) is 6.07 Å². The minimum absolute atomic E-state index is 0.0631. The number of hydrogen-bond donors (Lipinski definition) is 1. The van der Waals surface area contributed by atoms with Gasteiger partial charge in [0.2, 0.25) is 16.5 Å². The SMILES string of the molecule is Fc1cc(Cl)c(Nc2nc(Cl)nc(Cl)n2)c(Br)c1. The maximum Gasteiger partial charge on any atom is 0.232 e. The number of aromatic nitrogens is 3. The Morgan fingerprint density at radius 3 is 2.22 bits per heavy atom. The number of rotatable bonds is 2. The zero-order valence-electron chi connectivity index (χ0n) is 8.39. The van der Waals surface area contributed by atoms with Crippen LogP contribution < -0.4 is 5.32 Å². The summed E-state index contributed by atoms with van der Waals surface area (Å²) in [6, 6.07) is 2.40. The summed E-state index contributed by atoms with van der Waals surface area (Å²) < 4.78 is 13.5. The quantitative estimate of drug-likeness (QED) is 0.845. The highest BCUT2D eigenvalue weighted by Crippen LogP contribution is 2.33. The van der Waals surface area contributed by atoms with E-state index in [1.165, 1.54) is 6.07 Å². The van der Waals surface area contributed by atoms with Crippen molar-refractivity contribution in [2.75, 3.05) is 5.32 Å². The van der Waals surface area contributed by atoms with Gasteiger partial charge in [-0.1, -0.05) is 11.6 Å². The minimum atomic E-state index is -0.468. The maximum atomic E-state index is 13.0. The van der Waals surface area contributed by atoms with Crippen LogP contribution in [0, 0.1) is 5.82 Å². The molecule has 0 aliphatic heterocycles. The van der Waals surface area contributed by atoms with E-state index in [0.29, 0.717) is 10.2 Å². The molecule has 0 aliphatic rings. The van der Waals surface area contributed by atoms with Crippen LogP contribution in [0.3, 0.4) is 0 Å². The predicted octanol–water partition coefficient (Wildman–Crippen LogP) is 4.48. The van der Waals surface area contributed by atoms with Crippen molar-refractivity contribution in [1.29, 1.82) is 0 Å². The Hall–Kier alpha value is -0.690. The third-order valence-electron chi connectivity index (χ3n) is 1.82. The van der Waals surface area contributed by atoms with Crippen LogP contribution in [0.2, 0.25) is 15.6 Å². The summed E-state index contributed by atoms with van der Waals surface area (Å²) in [5.74, 6) is -0.363. The van der Waals surface area contributed by atoms with Gasteiger partial charge in [-0.15, -0.1) is 0 Å². The fraction of sp³-hybridized carbons (Fsp3) is 0. The van der Waals surface area contributed by atoms with Gasteiger partial charge >= 0.3 is 0 Å². The predicted molar refractivity (Wildman–Crippen MR) is 72.2 cm³/mol. The van der Waals surface area contributed by atoms with Crippen LogP contribution in [-0.2, 0) is 0 Å². The molecule has 2 aromatic rings. The normalized spacial score (nSPS) is 10.5. The Labute approximate surface area is 125 Å². The van der Waals surface area contributed by atoms with Gasteiger partial charge in [0.1, 0.15) is 5.82 Å². The van der Waals surface area contributed by atoms with Gasteiger partial charge in [0.25, 0.3) is 0 Å². The van der Waals surface area contributed by atoms with Crippen molar-refractivity contribution < 1.29 is 4.39 Å². The summed E-state index contributed by atoms with van der Waals surface area (Å²) in [6.45, 7) is 0. The molecule has 4 nitrogen and oxygen atoms in total. The molecular weight excluding hydrogens is 369 g/mol.